The minimum atomic E-state index is -0.786. The van der Waals surface area contributed by atoms with Gasteiger partial charge in [0.25, 0.3) is 5.56 Å². The van der Waals surface area contributed by atoms with E-state index >= 15 is 0 Å². The van der Waals surface area contributed by atoms with Crippen LogP contribution in [0.2, 0.25) is 5.02 Å². The Bertz CT molecular complexity index is 1140. The number of carbonyl (C=O) groups is 1. The molecule has 0 spiro atoms. The SMILES string of the molecule is CC[C@H](C(=O)Nc1cc(Cl)ccc1OC)n1nc(-c2cc(C)ccc2C)ccc1=O. The summed E-state index contributed by atoms with van der Waals surface area (Å²) < 4.78 is 6.53. The molecule has 1 atom stereocenters. The summed E-state index contributed by atoms with van der Waals surface area (Å²) in [6, 6.07) is 13.3. The van der Waals surface area contributed by atoms with Crippen molar-refractivity contribution < 1.29 is 9.53 Å². The second-order valence-electron chi connectivity index (χ2n) is 7.08. The van der Waals surface area contributed by atoms with Gasteiger partial charge in [-0.05, 0) is 56.2 Å². The fraction of sp³-hybridized carbons (Fsp3) is 0.261. The zero-order chi connectivity index (χ0) is 21.8. The van der Waals surface area contributed by atoms with E-state index in [-0.39, 0.29) is 11.5 Å². The number of hydrogen-bond donors (Lipinski definition) is 1. The molecule has 1 amide bonds. The monoisotopic (exact) mass is 425 g/mol. The molecule has 0 aliphatic carbocycles. The van der Waals surface area contributed by atoms with Crippen molar-refractivity contribution in [1.82, 2.24) is 9.78 Å². The molecule has 0 bridgehead atoms. The standard InChI is InChI=1S/C23H24ClN3O3/c1-5-20(23(29)25-19-13-16(24)8-10-21(19)30-4)27-22(28)11-9-18(26-27)17-12-14(2)6-7-15(17)3/h6-13,20H,5H2,1-4H3,(H,25,29)/t20-/m1/s1. The lowest BCUT2D eigenvalue weighted by Crippen LogP contribution is -2.34. The van der Waals surface area contributed by atoms with Gasteiger partial charge < -0.3 is 10.1 Å². The molecular weight excluding hydrogens is 402 g/mol. The molecule has 0 saturated heterocycles. The molecular formula is C23H24ClN3O3. The molecule has 0 fully saturated rings. The van der Waals surface area contributed by atoms with E-state index in [2.05, 4.69) is 10.4 Å². The molecule has 1 heterocycles. The van der Waals surface area contributed by atoms with Crippen LogP contribution in [0, 0.1) is 13.8 Å². The summed E-state index contributed by atoms with van der Waals surface area (Å²) >= 11 is 6.05. The van der Waals surface area contributed by atoms with Gasteiger partial charge in [0.2, 0.25) is 5.91 Å². The Kier molecular flexibility index (Phi) is 6.57. The van der Waals surface area contributed by atoms with E-state index in [1.54, 1.807) is 24.3 Å². The summed E-state index contributed by atoms with van der Waals surface area (Å²) in [5.74, 6) is 0.109. The number of halogens is 1. The molecule has 3 rings (SSSR count). The molecule has 1 aromatic heterocycles. The van der Waals surface area contributed by atoms with Gasteiger partial charge in [-0.1, -0.05) is 36.2 Å². The highest BCUT2D eigenvalue weighted by atomic mass is 35.5. The second kappa shape index (κ2) is 9.13. The summed E-state index contributed by atoms with van der Waals surface area (Å²) in [6.45, 7) is 5.82. The lowest BCUT2D eigenvalue weighted by atomic mass is 10.0. The third-order valence-corrected chi connectivity index (χ3v) is 5.13. The lowest BCUT2D eigenvalue weighted by Gasteiger charge is -2.19. The number of carbonyl (C=O) groups excluding carboxylic acids is 1. The second-order valence-corrected chi connectivity index (χ2v) is 7.51. The van der Waals surface area contributed by atoms with E-state index in [1.165, 1.54) is 17.9 Å². The molecule has 6 nitrogen and oxygen atoms in total. The fourth-order valence-electron chi connectivity index (χ4n) is 3.27. The van der Waals surface area contributed by atoms with Gasteiger partial charge in [0.1, 0.15) is 11.8 Å². The molecule has 1 N–H and O–H groups in total. The van der Waals surface area contributed by atoms with Gasteiger partial charge in [-0.2, -0.15) is 5.10 Å². The Balaban J connectivity index is 1.99. The van der Waals surface area contributed by atoms with Crippen LogP contribution < -0.4 is 15.6 Å². The summed E-state index contributed by atoms with van der Waals surface area (Å²) in [4.78, 5) is 25.6. The number of hydrogen-bond acceptors (Lipinski definition) is 4. The number of nitrogens with one attached hydrogen (secondary N) is 1. The topological polar surface area (TPSA) is 73.2 Å². The van der Waals surface area contributed by atoms with Gasteiger partial charge in [0, 0.05) is 16.7 Å². The van der Waals surface area contributed by atoms with Gasteiger partial charge in [0.05, 0.1) is 18.5 Å². The highest BCUT2D eigenvalue weighted by molar-refractivity contribution is 6.31. The van der Waals surface area contributed by atoms with Crippen LogP contribution in [-0.2, 0) is 4.79 Å². The normalized spacial score (nSPS) is 11.8. The van der Waals surface area contributed by atoms with Crippen molar-refractivity contribution in [3.63, 3.8) is 0 Å². The van der Waals surface area contributed by atoms with E-state index in [1.807, 2.05) is 39.0 Å². The Labute approximate surface area is 180 Å². The Morgan fingerprint density at radius 2 is 1.93 bits per heavy atom. The third kappa shape index (κ3) is 4.54. The minimum absolute atomic E-state index is 0.343. The van der Waals surface area contributed by atoms with Crippen LogP contribution in [0.4, 0.5) is 5.69 Å². The number of anilines is 1. The van der Waals surface area contributed by atoms with Gasteiger partial charge in [-0.3, -0.25) is 9.59 Å². The molecule has 0 aliphatic rings. The van der Waals surface area contributed by atoms with Gasteiger partial charge in [-0.15, -0.1) is 0 Å². The van der Waals surface area contributed by atoms with Crippen molar-refractivity contribution in [3.8, 4) is 17.0 Å². The zero-order valence-corrected chi connectivity index (χ0v) is 18.2. The lowest BCUT2D eigenvalue weighted by molar-refractivity contribution is -0.119. The van der Waals surface area contributed by atoms with Crippen molar-refractivity contribution in [2.75, 3.05) is 12.4 Å². The number of nitrogens with zero attached hydrogens (tertiary/aromatic N) is 2. The molecule has 0 radical (unpaired) electrons. The van der Waals surface area contributed by atoms with E-state index < -0.39 is 6.04 Å². The summed E-state index contributed by atoms with van der Waals surface area (Å²) in [6.07, 6.45) is 0.387. The van der Waals surface area contributed by atoms with Crippen LogP contribution >= 0.6 is 11.6 Å². The number of ether oxygens (including phenoxy) is 1. The largest absolute Gasteiger partial charge is 0.495 e. The maximum Gasteiger partial charge on any atom is 0.267 e. The molecule has 30 heavy (non-hydrogen) atoms. The first-order valence-electron chi connectivity index (χ1n) is 9.66. The predicted octanol–water partition coefficient (Wildman–Crippen LogP) is 4.78. The number of amides is 1. The maximum absolute atomic E-state index is 13.0. The Morgan fingerprint density at radius 1 is 1.17 bits per heavy atom. The van der Waals surface area contributed by atoms with Crippen LogP contribution in [0.25, 0.3) is 11.3 Å². The van der Waals surface area contributed by atoms with Gasteiger partial charge in [-0.25, -0.2) is 4.68 Å². The number of rotatable bonds is 6. The smallest absolute Gasteiger partial charge is 0.267 e. The van der Waals surface area contributed by atoms with Crippen LogP contribution in [-0.4, -0.2) is 22.8 Å². The van der Waals surface area contributed by atoms with Crippen molar-refractivity contribution in [3.05, 3.63) is 75.0 Å². The Morgan fingerprint density at radius 3 is 2.63 bits per heavy atom. The average molecular weight is 426 g/mol. The van der Waals surface area contributed by atoms with E-state index in [0.717, 1.165) is 16.7 Å². The number of benzene rings is 2. The van der Waals surface area contributed by atoms with Crippen molar-refractivity contribution in [2.24, 2.45) is 0 Å². The Hall–Kier alpha value is -3.12. The minimum Gasteiger partial charge on any atom is -0.495 e. The van der Waals surface area contributed by atoms with Crippen LogP contribution in [0.3, 0.4) is 0 Å². The first-order chi connectivity index (χ1) is 14.3. The zero-order valence-electron chi connectivity index (χ0n) is 17.4. The number of methoxy groups -OCH3 is 1. The first-order valence-corrected chi connectivity index (χ1v) is 10.0. The molecule has 0 saturated carbocycles. The molecule has 0 aliphatic heterocycles. The summed E-state index contributed by atoms with van der Waals surface area (Å²) in [5.41, 5.74) is 3.79. The van der Waals surface area contributed by atoms with Crippen molar-refractivity contribution in [1.29, 1.82) is 0 Å². The maximum atomic E-state index is 13.0. The molecule has 7 heteroatoms. The van der Waals surface area contributed by atoms with Crippen molar-refractivity contribution >= 4 is 23.2 Å². The summed E-state index contributed by atoms with van der Waals surface area (Å²) in [5, 5.41) is 7.80. The number of aryl methyl sites for hydroxylation is 2. The third-order valence-electron chi connectivity index (χ3n) is 4.90. The molecule has 2 aromatic carbocycles. The first kappa shape index (κ1) is 21.6. The van der Waals surface area contributed by atoms with Crippen LogP contribution in [0.1, 0.15) is 30.5 Å². The van der Waals surface area contributed by atoms with Gasteiger partial charge in [0.15, 0.2) is 0 Å². The molecule has 156 valence electrons. The van der Waals surface area contributed by atoms with Gasteiger partial charge >= 0.3 is 0 Å². The average Bonchev–Trinajstić information content (AvgIpc) is 2.72. The van der Waals surface area contributed by atoms with E-state index in [9.17, 15) is 9.59 Å². The quantitative estimate of drug-likeness (QED) is 0.616. The predicted molar refractivity (Wildman–Crippen MR) is 119 cm³/mol. The van der Waals surface area contributed by atoms with Crippen LogP contribution in [0.5, 0.6) is 5.75 Å². The summed E-state index contributed by atoms with van der Waals surface area (Å²) in [7, 11) is 1.51. The van der Waals surface area contributed by atoms with E-state index in [0.29, 0.717) is 28.6 Å². The fourth-order valence-corrected chi connectivity index (χ4v) is 3.44. The highest BCUT2D eigenvalue weighted by Gasteiger charge is 2.23. The highest BCUT2D eigenvalue weighted by Crippen LogP contribution is 2.29. The molecule has 0 unspecified atom stereocenters. The molecule has 3 aromatic rings. The van der Waals surface area contributed by atoms with Crippen LogP contribution in [0.15, 0.2) is 53.3 Å². The number of aromatic nitrogens is 2. The van der Waals surface area contributed by atoms with E-state index in [4.69, 9.17) is 16.3 Å². The van der Waals surface area contributed by atoms with Crippen molar-refractivity contribution in [2.45, 2.75) is 33.2 Å².